The molecule has 0 spiro atoms. The van der Waals surface area contributed by atoms with Crippen LogP contribution in [-0.2, 0) is 19.1 Å². The van der Waals surface area contributed by atoms with Crippen LogP contribution in [0.4, 0.5) is 0 Å². The van der Waals surface area contributed by atoms with Crippen molar-refractivity contribution in [3.05, 3.63) is 53.3 Å². The lowest BCUT2D eigenvalue weighted by atomic mass is 10.1. The summed E-state index contributed by atoms with van der Waals surface area (Å²) in [6.07, 6.45) is 0.673. The lowest BCUT2D eigenvalue weighted by Crippen LogP contribution is -2.26. The van der Waals surface area contributed by atoms with Crippen molar-refractivity contribution < 1.29 is 29.3 Å². The highest BCUT2D eigenvalue weighted by Crippen LogP contribution is 2.13. The first-order chi connectivity index (χ1) is 10.4. The summed E-state index contributed by atoms with van der Waals surface area (Å²) >= 11 is 0. The summed E-state index contributed by atoms with van der Waals surface area (Å²) in [6, 6.07) is 8.03. The van der Waals surface area contributed by atoms with E-state index in [1.165, 1.54) is 19.1 Å². The molecule has 1 aromatic carbocycles. The lowest BCUT2D eigenvalue weighted by molar-refractivity contribution is -0.140. The molecule has 0 aliphatic heterocycles. The van der Waals surface area contributed by atoms with Crippen LogP contribution in [0.15, 0.2) is 47.7 Å². The predicted molar refractivity (Wildman–Crippen MR) is 77.5 cm³/mol. The van der Waals surface area contributed by atoms with Crippen LogP contribution in [0.3, 0.4) is 0 Å². The van der Waals surface area contributed by atoms with Crippen molar-refractivity contribution >= 4 is 23.4 Å². The van der Waals surface area contributed by atoms with Crippen molar-refractivity contribution in [1.82, 2.24) is 0 Å². The highest BCUT2D eigenvalue weighted by molar-refractivity contribution is 6.22. The van der Waals surface area contributed by atoms with Crippen LogP contribution in [0.25, 0.3) is 5.76 Å². The number of carbonyl (C=O) groups excluding carboxylic acids is 3. The number of ketones is 1. The summed E-state index contributed by atoms with van der Waals surface area (Å²) in [7, 11) is 0. The Morgan fingerprint density at radius 3 is 2.27 bits per heavy atom. The Labute approximate surface area is 126 Å². The Morgan fingerprint density at radius 2 is 1.77 bits per heavy atom. The second-order valence-electron chi connectivity index (χ2n) is 4.07. The van der Waals surface area contributed by atoms with Crippen LogP contribution in [-0.4, -0.2) is 34.5 Å². The molecule has 4 N–H and O–H groups in total. The molecule has 0 heterocycles. The molecular weight excluding hydrogens is 290 g/mol. The van der Waals surface area contributed by atoms with Gasteiger partial charge in [-0.25, -0.2) is 4.79 Å². The summed E-state index contributed by atoms with van der Waals surface area (Å²) < 4.78 is 4.53. The van der Waals surface area contributed by atoms with Crippen molar-refractivity contribution in [2.45, 2.75) is 6.92 Å². The molecule has 1 aromatic rings. The summed E-state index contributed by atoms with van der Waals surface area (Å²) in [5, 5.41) is 19.5. The molecule has 0 fully saturated rings. The monoisotopic (exact) mass is 305 g/mol. The molecule has 116 valence electrons. The van der Waals surface area contributed by atoms with Gasteiger partial charge in [-0.2, -0.15) is 0 Å². The van der Waals surface area contributed by atoms with Crippen molar-refractivity contribution in [3.8, 4) is 0 Å². The number of esters is 1. The van der Waals surface area contributed by atoms with Gasteiger partial charge in [0.25, 0.3) is 5.91 Å². The zero-order chi connectivity index (χ0) is 16.7. The molecule has 22 heavy (non-hydrogen) atoms. The maximum Gasteiger partial charge on any atom is 0.347 e. The predicted octanol–water partition coefficient (Wildman–Crippen LogP) is 1.02. The molecule has 0 unspecified atom stereocenters. The topological polar surface area (TPSA) is 127 Å². The van der Waals surface area contributed by atoms with Gasteiger partial charge in [0.2, 0.25) is 5.78 Å². The van der Waals surface area contributed by atoms with E-state index in [9.17, 15) is 24.6 Å². The van der Waals surface area contributed by atoms with Crippen LogP contribution in [0.1, 0.15) is 12.5 Å². The molecule has 0 bridgehead atoms. The van der Waals surface area contributed by atoms with Crippen molar-refractivity contribution in [2.24, 2.45) is 5.73 Å². The SMILES string of the molecule is CCOC(=O)/C(C(N)=O)=C(\O)C(=O)/C=C(\O)c1ccccc1. The number of aliphatic hydroxyl groups excluding tert-OH is 2. The molecule has 1 amide bonds. The van der Waals surface area contributed by atoms with Crippen LogP contribution in [0.5, 0.6) is 0 Å². The minimum atomic E-state index is -1.31. The number of hydrogen-bond donors (Lipinski definition) is 3. The van der Waals surface area contributed by atoms with Gasteiger partial charge in [-0.1, -0.05) is 30.3 Å². The average Bonchev–Trinajstić information content (AvgIpc) is 2.48. The van der Waals surface area contributed by atoms with E-state index < -0.39 is 34.8 Å². The quantitative estimate of drug-likeness (QED) is 0.237. The van der Waals surface area contributed by atoms with Crippen LogP contribution >= 0.6 is 0 Å². The minimum Gasteiger partial charge on any atom is -0.507 e. The third-order valence-corrected chi connectivity index (χ3v) is 2.53. The van der Waals surface area contributed by atoms with Crippen molar-refractivity contribution in [3.63, 3.8) is 0 Å². The van der Waals surface area contributed by atoms with Gasteiger partial charge >= 0.3 is 5.97 Å². The lowest BCUT2D eigenvalue weighted by Gasteiger charge is -2.05. The fourth-order valence-electron chi connectivity index (χ4n) is 1.53. The van der Waals surface area contributed by atoms with E-state index in [0.717, 1.165) is 0 Å². The molecule has 0 atom stereocenters. The first kappa shape index (κ1) is 17.0. The highest BCUT2D eigenvalue weighted by atomic mass is 16.5. The molecule has 0 radical (unpaired) electrons. The van der Waals surface area contributed by atoms with Gasteiger partial charge in [0.15, 0.2) is 11.3 Å². The molecule has 0 aliphatic rings. The highest BCUT2D eigenvalue weighted by Gasteiger charge is 2.26. The molecule has 0 saturated heterocycles. The second kappa shape index (κ2) is 7.63. The number of hydrogen-bond acceptors (Lipinski definition) is 6. The minimum absolute atomic E-state index is 0.0673. The molecule has 0 aliphatic carbocycles. The summed E-state index contributed by atoms with van der Waals surface area (Å²) in [6.45, 7) is 1.42. The van der Waals surface area contributed by atoms with Gasteiger partial charge in [-0.3, -0.25) is 9.59 Å². The number of primary amides is 1. The summed E-state index contributed by atoms with van der Waals surface area (Å²) in [4.78, 5) is 34.5. The molecule has 0 aromatic heterocycles. The maximum atomic E-state index is 11.8. The van der Waals surface area contributed by atoms with Crippen LogP contribution < -0.4 is 5.73 Å². The Kier molecular flexibility index (Phi) is 5.88. The third kappa shape index (κ3) is 4.20. The molecule has 7 heteroatoms. The summed E-state index contributed by atoms with van der Waals surface area (Å²) in [5.74, 6) is -5.30. The van der Waals surface area contributed by atoms with Crippen LogP contribution in [0, 0.1) is 0 Å². The standard InChI is InChI=1S/C15H15NO6/c1-2-22-15(21)12(14(16)20)13(19)11(18)8-10(17)9-6-4-3-5-7-9/h3-8,17,19H,2H2,1H3,(H2,16,20)/b10-8-,13-12-. The van der Waals surface area contributed by atoms with E-state index >= 15 is 0 Å². The number of allylic oxidation sites excluding steroid dienone is 1. The zero-order valence-corrected chi connectivity index (χ0v) is 11.8. The average molecular weight is 305 g/mol. The smallest absolute Gasteiger partial charge is 0.347 e. The number of aliphatic hydroxyl groups is 2. The van der Waals surface area contributed by atoms with E-state index in [0.29, 0.717) is 11.6 Å². The maximum absolute atomic E-state index is 11.8. The van der Waals surface area contributed by atoms with Gasteiger partial charge in [-0.15, -0.1) is 0 Å². The second-order valence-corrected chi connectivity index (χ2v) is 4.07. The number of ether oxygens (including phenoxy) is 1. The van der Waals surface area contributed by atoms with Crippen molar-refractivity contribution in [2.75, 3.05) is 6.61 Å². The van der Waals surface area contributed by atoms with E-state index in [1.54, 1.807) is 18.2 Å². The van der Waals surface area contributed by atoms with E-state index in [2.05, 4.69) is 4.74 Å². The summed E-state index contributed by atoms with van der Waals surface area (Å²) in [5.41, 5.74) is 4.31. The molecule has 0 saturated carbocycles. The number of nitrogens with two attached hydrogens (primary N) is 1. The van der Waals surface area contributed by atoms with Gasteiger partial charge < -0.3 is 20.7 Å². The van der Waals surface area contributed by atoms with Gasteiger partial charge in [0.1, 0.15) is 5.76 Å². The normalized spacial score (nSPS) is 12.3. The van der Waals surface area contributed by atoms with E-state index in [4.69, 9.17) is 5.73 Å². The van der Waals surface area contributed by atoms with Crippen molar-refractivity contribution in [1.29, 1.82) is 0 Å². The van der Waals surface area contributed by atoms with Gasteiger partial charge in [0.05, 0.1) is 6.61 Å². The molecular formula is C15H15NO6. The van der Waals surface area contributed by atoms with Gasteiger partial charge in [0, 0.05) is 11.6 Å². The number of carbonyl (C=O) groups is 3. The van der Waals surface area contributed by atoms with Crippen LogP contribution in [0.2, 0.25) is 0 Å². The number of benzene rings is 1. The fourth-order valence-corrected chi connectivity index (χ4v) is 1.53. The Bertz CT molecular complexity index is 645. The molecule has 1 rings (SSSR count). The Balaban J connectivity index is 3.15. The first-order valence-corrected chi connectivity index (χ1v) is 6.29. The van der Waals surface area contributed by atoms with E-state index in [1.807, 2.05) is 0 Å². The largest absolute Gasteiger partial charge is 0.507 e. The third-order valence-electron chi connectivity index (χ3n) is 2.53. The number of amides is 1. The Hall–Kier alpha value is -3.09. The van der Waals surface area contributed by atoms with E-state index in [-0.39, 0.29) is 6.61 Å². The first-order valence-electron chi connectivity index (χ1n) is 6.29. The Morgan fingerprint density at radius 1 is 1.18 bits per heavy atom. The fraction of sp³-hybridized carbons (Fsp3) is 0.133. The van der Waals surface area contributed by atoms with Gasteiger partial charge in [-0.05, 0) is 6.92 Å². The molecule has 7 nitrogen and oxygen atoms in total. The zero-order valence-electron chi connectivity index (χ0n) is 11.8. The number of rotatable bonds is 6.